The molecule has 10 rings (SSSR count). The zero-order chi connectivity index (χ0) is 35.3. The van der Waals surface area contributed by atoms with E-state index in [1.807, 2.05) is 24.3 Å². The van der Waals surface area contributed by atoms with Crippen molar-refractivity contribution in [3.8, 4) is 56.3 Å². The summed E-state index contributed by atoms with van der Waals surface area (Å²) in [6.45, 7) is 0. The molecule has 0 aliphatic rings. The molecule has 4 heteroatoms. The fourth-order valence-corrected chi connectivity index (χ4v) is 7.65. The van der Waals surface area contributed by atoms with Gasteiger partial charge in [0.05, 0.1) is 17.3 Å². The molecule has 0 spiro atoms. The third-order valence-corrected chi connectivity index (χ3v) is 10.3. The van der Waals surface area contributed by atoms with Crippen LogP contribution in [0, 0.1) is 11.3 Å². The van der Waals surface area contributed by atoms with Crippen LogP contribution < -0.4 is 0 Å². The van der Waals surface area contributed by atoms with E-state index in [0.29, 0.717) is 5.56 Å². The molecule has 0 unspecified atom stereocenters. The molecule has 0 saturated heterocycles. The highest BCUT2D eigenvalue weighted by Crippen LogP contribution is 2.38. The Morgan fingerprint density at radius 2 is 0.868 bits per heavy atom. The van der Waals surface area contributed by atoms with Crippen LogP contribution in [-0.2, 0) is 0 Å². The highest BCUT2D eigenvalue weighted by Gasteiger charge is 2.14. The minimum atomic E-state index is 0.664. The first-order valence-corrected chi connectivity index (χ1v) is 17.7. The van der Waals surface area contributed by atoms with Crippen molar-refractivity contribution in [1.29, 1.82) is 5.26 Å². The Bertz CT molecular complexity index is 3040. The van der Waals surface area contributed by atoms with E-state index in [4.69, 9.17) is 15.5 Å². The van der Waals surface area contributed by atoms with Crippen molar-refractivity contribution in [2.45, 2.75) is 0 Å². The van der Waals surface area contributed by atoms with E-state index in [1.165, 1.54) is 43.4 Å². The predicted molar refractivity (Wildman–Crippen MR) is 218 cm³/mol. The molecule has 0 atom stereocenters. The Hall–Kier alpha value is -7.35. The smallest absolute Gasteiger partial charge is 0.114 e. The highest BCUT2D eigenvalue weighted by molar-refractivity contribution is 6.13. The first-order chi connectivity index (χ1) is 26.2. The summed E-state index contributed by atoms with van der Waals surface area (Å²) in [6.07, 6.45) is 0. The zero-order valence-corrected chi connectivity index (χ0v) is 28.6. The van der Waals surface area contributed by atoms with Crippen LogP contribution in [0.15, 0.2) is 182 Å². The minimum absolute atomic E-state index is 0.664. The molecule has 0 radical (unpaired) electrons. The number of nitriles is 1. The van der Waals surface area contributed by atoms with Crippen LogP contribution in [0.25, 0.3) is 93.5 Å². The van der Waals surface area contributed by atoms with Crippen molar-refractivity contribution < 1.29 is 0 Å². The van der Waals surface area contributed by atoms with Crippen molar-refractivity contribution in [2.24, 2.45) is 0 Å². The van der Waals surface area contributed by atoms with Gasteiger partial charge in [-0.3, -0.25) is 0 Å². The molecule has 246 valence electrons. The third kappa shape index (κ3) is 5.31. The van der Waals surface area contributed by atoms with Crippen molar-refractivity contribution in [3.05, 3.63) is 188 Å². The molecular weight excluding hydrogens is 645 g/mol. The molecule has 0 aliphatic carbocycles. The number of hydrogen-bond acceptors (Lipinski definition) is 3. The number of benzene rings is 9. The second kappa shape index (κ2) is 12.5. The number of rotatable bonds is 5. The summed E-state index contributed by atoms with van der Waals surface area (Å²) in [5.41, 5.74) is 12.5. The van der Waals surface area contributed by atoms with Gasteiger partial charge >= 0.3 is 0 Å². The fraction of sp³-hybridized carbons (Fsp3) is 0. The third-order valence-electron chi connectivity index (χ3n) is 10.3. The Morgan fingerprint density at radius 3 is 1.55 bits per heavy atom. The quantitative estimate of drug-likeness (QED) is 0.171. The van der Waals surface area contributed by atoms with Crippen LogP contribution in [0.2, 0.25) is 0 Å². The fourth-order valence-electron chi connectivity index (χ4n) is 7.65. The van der Waals surface area contributed by atoms with E-state index in [2.05, 4.69) is 164 Å². The predicted octanol–water partition coefficient (Wildman–Crippen LogP) is 12.4. The maximum Gasteiger partial charge on any atom is 0.114 e. The van der Waals surface area contributed by atoms with Gasteiger partial charge in [0.1, 0.15) is 11.0 Å². The lowest BCUT2D eigenvalue weighted by Crippen LogP contribution is -1.98. The average Bonchev–Trinajstić information content (AvgIpc) is 3.67. The average molecular weight is 675 g/mol. The van der Waals surface area contributed by atoms with Gasteiger partial charge < -0.3 is 0 Å². The van der Waals surface area contributed by atoms with Gasteiger partial charge in [0.25, 0.3) is 0 Å². The molecule has 0 saturated carbocycles. The summed E-state index contributed by atoms with van der Waals surface area (Å²) in [5.74, 6) is 0. The van der Waals surface area contributed by atoms with Crippen LogP contribution >= 0.6 is 0 Å². The van der Waals surface area contributed by atoms with Crippen LogP contribution in [0.3, 0.4) is 0 Å². The van der Waals surface area contributed by atoms with E-state index >= 15 is 0 Å². The maximum atomic E-state index is 9.16. The molecule has 9 aromatic carbocycles. The number of hydrogen-bond donors (Lipinski definition) is 0. The summed E-state index contributed by atoms with van der Waals surface area (Å²) in [5, 5.41) is 26.3. The number of aromatic nitrogens is 3. The summed E-state index contributed by atoms with van der Waals surface area (Å²) in [6, 6.07) is 66.0. The van der Waals surface area contributed by atoms with Crippen LogP contribution in [0.4, 0.5) is 0 Å². The molecule has 0 fully saturated rings. The van der Waals surface area contributed by atoms with E-state index in [0.717, 1.165) is 50.1 Å². The summed E-state index contributed by atoms with van der Waals surface area (Å²) in [7, 11) is 0. The van der Waals surface area contributed by atoms with Gasteiger partial charge in [-0.15, -0.1) is 10.2 Å². The monoisotopic (exact) mass is 674 g/mol. The topological polar surface area (TPSA) is 54.5 Å². The second-order valence-electron chi connectivity index (χ2n) is 13.4. The van der Waals surface area contributed by atoms with Crippen LogP contribution in [0.5, 0.6) is 0 Å². The molecule has 0 N–H and O–H groups in total. The molecule has 53 heavy (non-hydrogen) atoms. The van der Waals surface area contributed by atoms with Gasteiger partial charge in [0.15, 0.2) is 0 Å². The van der Waals surface area contributed by atoms with Gasteiger partial charge in [-0.1, -0.05) is 140 Å². The molecule has 4 nitrogen and oxygen atoms in total. The van der Waals surface area contributed by atoms with E-state index in [1.54, 1.807) is 4.80 Å². The number of fused-ring (bicyclic) bond motifs is 5. The molecule has 1 heterocycles. The van der Waals surface area contributed by atoms with Crippen molar-refractivity contribution in [1.82, 2.24) is 15.0 Å². The lowest BCUT2D eigenvalue weighted by molar-refractivity contribution is 0.766. The molecule has 1 aromatic heterocycles. The van der Waals surface area contributed by atoms with Crippen molar-refractivity contribution >= 4 is 43.4 Å². The largest absolute Gasteiger partial charge is 0.192 e. The number of nitrogens with zero attached hydrogens (tertiary/aromatic N) is 4. The Kier molecular flexibility index (Phi) is 7.16. The summed E-state index contributed by atoms with van der Waals surface area (Å²) >= 11 is 0. The highest BCUT2D eigenvalue weighted by atomic mass is 15.5. The first-order valence-electron chi connectivity index (χ1n) is 17.7. The van der Waals surface area contributed by atoms with E-state index in [-0.39, 0.29) is 0 Å². The summed E-state index contributed by atoms with van der Waals surface area (Å²) in [4.78, 5) is 1.74. The van der Waals surface area contributed by atoms with E-state index < -0.39 is 0 Å². The normalized spacial score (nSPS) is 11.4. The first kappa shape index (κ1) is 30.5. The molecular formula is C49H30N4. The van der Waals surface area contributed by atoms with Gasteiger partial charge in [-0.2, -0.15) is 10.1 Å². The van der Waals surface area contributed by atoms with Gasteiger partial charge in [-0.05, 0) is 119 Å². The Morgan fingerprint density at radius 1 is 0.377 bits per heavy atom. The van der Waals surface area contributed by atoms with E-state index in [9.17, 15) is 0 Å². The lowest BCUT2D eigenvalue weighted by atomic mass is 9.91. The zero-order valence-electron chi connectivity index (χ0n) is 28.6. The minimum Gasteiger partial charge on any atom is -0.192 e. The Balaban J connectivity index is 0.968. The molecule has 0 bridgehead atoms. The van der Waals surface area contributed by atoms with Crippen LogP contribution in [-0.4, -0.2) is 15.0 Å². The Labute approximate surface area is 306 Å². The lowest BCUT2D eigenvalue weighted by Gasteiger charge is -2.13. The second-order valence-corrected chi connectivity index (χ2v) is 13.4. The summed E-state index contributed by atoms with van der Waals surface area (Å²) < 4.78 is 0. The van der Waals surface area contributed by atoms with Gasteiger partial charge in [-0.25, -0.2) is 0 Å². The molecule has 10 aromatic rings. The SMILES string of the molecule is N#Cc1ccc(-c2ccc(-c3ccc(-c4ccc5nn(-c6ccc(-c7cc8ccccc8c8ccccc78)cc6)nc5c4)c4ccccc34)cc2)cc1. The molecule has 0 aliphatic heterocycles. The van der Waals surface area contributed by atoms with Crippen molar-refractivity contribution in [2.75, 3.05) is 0 Å². The van der Waals surface area contributed by atoms with Gasteiger partial charge in [0.2, 0.25) is 0 Å². The standard InChI is InChI=1S/C49H30N4/c50-31-32-13-15-33(16-14-32)34-17-19-35(20-18-34)41-26-27-42(45-11-4-3-10-44(41)45)38-23-28-48-49(30-38)52-53(51-48)39-24-21-36(22-25-39)47-29-37-7-1-2-8-40(37)43-9-5-6-12-46(43)47/h1-30H. The van der Waals surface area contributed by atoms with Gasteiger partial charge in [0, 0.05) is 0 Å². The van der Waals surface area contributed by atoms with Crippen molar-refractivity contribution in [3.63, 3.8) is 0 Å². The molecule has 0 amide bonds. The van der Waals surface area contributed by atoms with Crippen LogP contribution in [0.1, 0.15) is 5.56 Å². The maximum absolute atomic E-state index is 9.16.